The topological polar surface area (TPSA) is 62.9 Å². The maximum absolute atomic E-state index is 5.78. The molecule has 5 heteroatoms. The first kappa shape index (κ1) is 14.3. The second kappa shape index (κ2) is 7.50. The summed E-state index contributed by atoms with van der Waals surface area (Å²) < 4.78 is 5.61. The van der Waals surface area contributed by atoms with Crippen LogP contribution in [0.5, 0.6) is 0 Å². The van der Waals surface area contributed by atoms with Crippen LogP contribution in [0.1, 0.15) is 20.3 Å². The molecular formula is C12H26N4O. The Hall–Kier alpha value is -0.810. The summed E-state index contributed by atoms with van der Waals surface area (Å²) in [6.45, 7) is 8.65. The summed E-state index contributed by atoms with van der Waals surface area (Å²) in [5.41, 5.74) is 5.78. The fourth-order valence-electron chi connectivity index (χ4n) is 1.72. The zero-order valence-electron chi connectivity index (χ0n) is 11.3. The van der Waals surface area contributed by atoms with Gasteiger partial charge in [-0.05, 0) is 19.4 Å². The predicted octanol–water partition coefficient (Wildman–Crippen LogP) is 0.267. The minimum absolute atomic E-state index is 0.180. The molecule has 1 aliphatic rings. The van der Waals surface area contributed by atoms with E-state index < -0.39 is 0 Å². The van der Waals surface area contributed by atoms with Crippen LogP contribution in [0.4, 0.5) is 0 Å². The number of hydrogen-bond acceptors (Lipinski definition) is 3. The van der Waals surface area contributed by atoms with Crippen LogP contribution in [0.3, 0.4) is 0 Å². The van der Waals surface area contributed by atoms with Gasteiger partial charge in [0.15, 0.2) is 5.96 Å². The monoisotopic (exact) mass is 242 g/mol. The van der Waals surface area contributed by atoms with E-state index in [2.05, 4.69) is 36.1 Å². The largest absolute Gasteiger partial charge is 0.374 e. The van der Waals surface area contributed by atoms with E-state index in [1.54, 1.807) is 0 Å². The zero-order chi connectivity index (χ0) is 12.7. The van der Waals surface area contributed by atoms with E-state index in [0.717, 1.165) is 32.7 Å². The number of ether oxygens (including phenoxy) is 1. The average Bonchev–Trinajstić information content (AvgIpc) is 2.26. The van der Waals surface area contributed by atoms with Gasteiger partial charge < -0.3 is 20.7 Å². The van der Waals surface area contributed by atoms with Gasteiger partial charge in [-0.1, -0.05) is 13.8 Å². The minimum atomic E-state index is 0.180. The number of likely N-dealkylation sites (N-methyl/N-ethyl adjacent to an activating group) is 1. The summed E-state index contributed by atoms with van der Waals surface area (Å²) in [6.07, 6.45) is 1.29. The van der Waals surface area contributed by atoms with Crippen molar-refractivity contribution in [2.24, 2.45) is 16.6 Å². The third kappa shape index (κ3) is 6.48. The Morgan fingerprint density at radius 3 is 3.00 bits per heavy atom. The van der Waals surface area contributed by atoms with Gasteiger partial charge in [-0.3, -0.25) is 4.99 Å². The molecule has 100 valence electrons. The van der Waals surface area contributed by atoms with Gasteiger partial charge in [-0.2, -0.15) is 0 Å². The summed E-state index contributed by atoms with van der Waals surface area (Å²) in [6, 6.07) is 0. The van der Waals surface area contributed by atoms with Crippen LogP contribution in [0.2, 0.25) is 0 Å². The average molecular weight is 242 g/mol. The smallest absolute Gasteiger partial charge is 0.188 e. The molecule has 0 bridgehead atoms. The standard InChI is InChI=1S/C12H26N4O/c1-10(2)4-5-14-12(13)15-8-11-9-16(3)6-7-17-11/h10-11H,4-9H2,1-3H3,(H3,13,14,15). The zero-order valence-corrected chi connectivity index (χ0v) is 11.3. The molecule has 0 radical (unpaired) electrons. The second-order valence-corrected chi connectivity index (χ2v) is 5.09. The van der Waals surface area contributed by atoms with Gasteiger partial charge in [0.05, 0.1) is 19.3 Å². The van der Waals surface area contributed by atoms with Gasteiger partial charge in [0.25, 0.3) is 0 Å². The van der Waals surface area contributed by atoms with E-state index in [1.807, 2.05) is 0 Å². The number of hydrogen-bond donors (Lipinski definition) is 2. The molecule has 1 heterocycles. The van der Waals surface area contributed by atoms with Crippen molar-refractivity contribution in [2.75, 3.05) is 39.8 Å². The molecular weight excluding hydrogens is 216 g/mol. The third-order valence-corrected chi connectivity index (χ3v) is 2.83. The van der Waals surface area contributed by atoms with E-state index in [-0.39, 0.29) is 6.10 Å². The Morgan fingerprint density at radius 2 is 2.35 bits per heavy atom. The van der Waals surface area contributed by atoms with Crippen LogP contribution in [0.25, 0.3) is 0 Å². The van der Waals surface area contributed by atoms with Gasteiger partial charge in [-0.25, -0.2) is 0 Å². The van der Waals surface area contributed by atoms with Crippen LogP contribution >= 0.6 is 0 Å². The Kier molecular flexibility index (Phi) is 6.29. The van der Waals surface area contributed by atoms with Crippen molar-refractivity contribution in [3.05, 3.63) is 0 Å². The van der Waals surface area contributed by atoms with Crippen molar-refractivity contribution in [1.82, 2.24) is 10.2 Å². The first-order valence-electron chi connectivity index (χ1n) is 6.42. The fourth-order valence-corrected chi connectivity index (χ4v) is 1.72. The molecule has 5 nitrogen and oxygen atoms in total. The highest BCUT2D eigenvalue weighted by atomic mass is 16.5. The highest BCUT2D eigenvalue weighted by molar-refractivity contribution is 5.77. The molecule has 0 aromatic carbocycles. The van der Waals surface area contributed by atoms with Crippen LogP contribution in [-0.2, 0) is 4.74 Å². The summed E-state index contributed by atoms with van der Waals surface area (Å²) in [4.78, 5) is 6.57. The maximum Gasteiger partial charge on any atom is 0.188 e. The van der Waals surface area contributed by atoms with Crippen molar-refractivity contribution >= 4 is 5.96 Å². The molecule has 0 amide bonds. The molecule has 0 saturated carbocycles. The molecule has 1 rings (SSSR count). The lowest BCUT2D eigenvalue weighted by molar-refractivity contribution is -0.0136. The van der Waals surface area contributed by atoms with Crippen LogP contribution in [-0.4, -0.2) is 56.8 Å². The molecule has 1 saturated heterocycles. The second-order valence-electron chi connectivity index (χ2n) is 5.09. The lowest BCUT2D eigenvalue weighted by Gasteiger charge is -2.29. The van der Waals surface area contributed by atoms with Crippen LogP contribution in [0, 0.1) is 5.92 Å². The molecule has 0 aliphatic carbocycles. The number of nitrogens with one attached hydrogen (secondary N) is 1. The number of nitrogens with two attached hydrogens (primary N) is 1. The van der Waals surface area contributed by atoms with E-state index in [0.29, 0.717) is 18.4 Å². The Labute approximate surface area is 104 Å². The number of guanidine groups is 1. The Morgan fingerprint density at radius 1 is 1.59 bits per heavy atom. The van der Waals surface area contributed by atoms with Gasteiger partial charge in [0, 0.05) is 19.6 Å². The number of morpholine rings is 1. The fraction of sp³-hybridized carbons (Fsp3) is 0.917. The molecule has 17 heavy (non-hydrogen) atoms. The molecule has 1 fully saturated rings. The normalized spacial score (nSPS) is 23.1. The van der Waals surface area contributed by atoms with Gasteiger partial charge >= 0.3 is 0 Å². The van der Waals surface area contributed by atoms with E-state index in [9.17, 15) is 0 Å². The van der Waals surface area contributed by atoms with E-state index in [4.69, 9.17) is 10.5 Å². The quantitative estimate of drug-likeness (QED) is 0.536. The number of nitrogens with zero attached hydrogens (tertiary/aromatic N) is 2. The molecule has 3 N–H and O–H groups in total. The summed E-state index contributed by atoms with van der Waals surface area (Å²) in [7, 11) is 2.10. The lowest BCUT2D eigenvalue weighted by Crippen LogP contribution is -2.42. The highest BCUT2D eigenvalue weighted by Gasteiger charge is 2.16. The number of rotatable bonds is 5. The van der Waals surface area contributed by atoms with Gasteiger partial charge in [-0.15, -0.1) is 0 Å². The van der Waals surface area contributed by atoms with Crippen molar-refractivity contribution in [2.45, 2.75) is 26.4 Å². The predicted molar refractivity (Wildman–Crippen MR) is 71.2 cm³/mol. The number of aliphatic imine (C=N–C) groups is 1. The van der Waals surface area contributed by atoms with E-state index in [1.165, 1.54) is 0 Å². The van der Waals surface area contributed by atoms with Crippen LogP contribution in [0.15, 0.2) is 4.99 Å². The van der Waals surface area contributed by atoms with Crippen molar-refractivity contribution in [3.8, 4) is 0 Å². The molecule has 0 spiro atoms. The summed E-state index contributed by atoms with van der Waals surface area (Å²) in [5.74, 6) is 1.22. The third-order valence-electron chi connectivity index (χ3n) is 2.83. The van der Waals surface area contributed by atoms with Crippen LogP contribution < -0.4 is 11.1 Å². The minimum Gasteiger partial charge on any atom is -0.374 e. The van der Waals surface area contributed by atoms with Crippen molar-refractivity contribution in [1.29, 1.82) is 0 Å². The van der Waals surface area contributed by atoms with E-state index >= 15 is 0 Å². The molecule has 0 aromatic heterocycles. The Bertz CT molecular complexity index is 243. The molecule has 1 atom stereocenters. The molecule has 1 aliphatic heterocycles. The van der Waals surface area contributed by atoms with Crippen molar-refractivity contribution in [3.63, 3.8) is 0 Å². The van der Waals surface area contributed by atoms with Gasteiger partial charge in [0.1, 0.15) is 0 Å². The summed E-state index contributed by atoms with van der Waals surface area (Å²) in [5, 5.41) is 3.12. The molecule has 0 aromatic rings. The van der Waals surface area contributed by atoms with Gasteiger partial charge in [0.2, 0.25) is 0 Å². The lowest BCUT2D eigenvalue weighted by atomic mass is 10.1. The Balaban J connectivity index is 2.17. The SMILES string of the molecule is CC(C)CCNC(N)=NCC1CN(C)CCO1. The maximum atomic E-state index is 5.78. The highest BCUT2D eigenvalue weighted by Crippen LogP contribution is 2.02. The first-order chi connectivity index (χ1) is 8.08. The molecule has 1 unspecified atom stereocenters. The summed E-state index contributed by atoms with van der Waals surface area (Å²) >= 11 is 0. The first-order valence-corrected chi connectivity index (χ1v) is 6.42. The van der Waals surface area contributed by atoms with Crippen molar-refractivity contribution < 1.29 is 4.74 Å².